The number of hydrogen-bond acceptors (Lipinski definition) is 8. The minimum Gasteiger partial charge on any atom is -0.497 e. The number of carbonyl (C=O) groups is 3. The zero-order valence-corrected chi connectivity index (χ0v) is 26.3. The summed E-state index contributed by atoms with van der Waals surface area (Å²) in [5.41, 5.74) is 2.35. The van der Waals surface area contributed by atoms with Gasteiger partial charge in [-0.3, -0.25) is 14.4 Å². The largest absolute Gasteiger partial charge is 0.497 e. The number of fused-ring (bicyclic) bond motifs is 1. The van der Waals surface area contributed by atoms with Gasteiger partial charge < -0.3 is 25.4 Å². The van der Waals surface area contributed by atoms with Crippen molar-refractivity contribution < 1.29 is 23.9 Å². The number of aromatic nitrogens is 1. The molecule has 45 heavy (non-hydrogen) atoms. The van der Waals surface area contributed by atoms with Gasteiger partial charge in [0.15, 0.2) is 5.13 Å². The van der Waals surface area contributed by atoms with Crippen LogP contribution in [0.15, 0.2) is 108 Å². The van der Waals surface area contributed by atoms with Gasteiger partial charge in [0.05, 0.1) is 29.7 Å². The van der Waals surface area contributed by atoms with Crippen LogP contribution in [0.4, 0.5) is 10.8 Å². The van der Waals surface area contributed by atoms with Gasteiger partial charge in [-0.15, -0.1) is 11.8 Å². The summed E-state index contributed by atoms with van der Waals surface area (Å²) >= 11 is 2.82. The highest BCUT2D eigenvalue weighted by Crippen LogP contribution is 2.29. The van der Waals surface area contributed by atoms with Gasteiger partial charge in [-0.2, -0.15) is 0 Å². The molecule has 1 atom stereocenters. The molecule has 0 radical (unpaired) electrons. The number of para-hydroxylation sites is 1. The maximum absolute atomic E-state index is 13.5. The number of benzene rings is 4. The molecule has 0 bridgehead atoms. The van der Waals surface area contributed by atoms with Gasteiger partial charge in [0.2, 0.25) is 5.91 Å². The lowest BCUT2D eigenvalue weighted by molar-refractivity contribution is -0.115. The van der Waals surface area contributed by atoms with Crippen molar-refractivity contribution >= 4 is 67.9 Å². The third-order valence-corrected chi connectivity index (χ3v) is 8.65. The van der Waals surface area contributed by atoms with Crippen LogP contribution in [0.2, 0.25) is 0 Å². The summed E-state index contributed by atoms with van der Waals surface area (Å²) in [4.78, 5) is 44.6. The van der Waals surface area contributed by atoms with Gasteiger partial charge in [0.1, 0.15) is 17.2 Å². The Morgan fingerprint density at radius 1 is 0.867 bits per heavy atom. The number of thioether (sulfide) groups is 1. The van der Waals surface area contributed by atoms with E-state index in [1.54, 1.807) is 73.8 Å². The average Bonchev–Trinajstić information content (AvgIpc) is 3.48. The van der Waals surface area contributed by atoms with E-state index in [2.05, 4.69) is 20.9 Å². The Bertz CT molecular complexity index is 1820. The highest BCUT2D eigenvalue weighted by atomic mass is 32.2. The first-order valence-corrected chi connectivity index (χ1v) is 15.6. The predicted octanol–water partition coefficient (Wildman–Crippen LogP) is 6.84. The van der Waals surface area contributed by atoms with E-state index in [-0.39, 0.29) is 16.9 Å². The fourth-order valence-corrected chi connectivity index (χ4v) is 5.98. The molecule has 1 heterocycles. The first-order chi connectivity index (χ1) is 21.8. The smallest absolute Gasteiger partial charge is 0.272 e. The number of anilines is 2. The van der Waals surface area contributed by atoms with Gasteiger partial charge in [-0.1, -0.05) is 41.7 Å². The van der Waals surface area contributed by atoms with E-state index in [1.165, 1.54) is 30.2 Å². The minimum absolute atomic E-state index is 0.0194. The SMILES string of the molecule is COc1ccc(/C=C(\NC(=O)c2ccccc2)C(=O)Nc2ccc(SC(C)C(=O)Nc3nc4ccccc4s3)cc2)c(OC)c1. The minimum atomic E-state index is -0.527. The average molecular weight is 639 g/mol. The molecule has 0 aliphatic carbocycles. The standard InChI is InChI=1S/C34H30N4O5S2/c1-21(31(39)38-34-37-27-11-7-8-12-30(27)45-34)44-26-17-14-24(15-18-26)35-33(41)28(36-32(40)22-9-5-4-6-10-22)19-23-13-16-25(42-2)20-29(23)43-3/h4-21H,1-3H3,(H,35,41)(H,36,40)(H,37,38,39)/b28-19-. The predicted molar refractivity (Wildman–Crippen MR) is 180 cm³/mol. The summed E-state index contributed by atoms with van der Waals surface area (Å²) in [5.74, 6) is -0.0640. The summed E-state index contributed by atoms with van der Waals surface area (Å²) in [6.45, 7) is 1.82. The van der Waals surface area contributed by atoms with Crippen molar-refractivity contribution in [1.82, 2.24) is 10.3 Å². The summed E-state index contributed by atoms with van der Waals surface area (Å²) < 4.78 is 11.8. The Morgan fingerprint density at radius 2 is 1.60 bits per heavy atom. The van der Waals surface area contributed by atoms with Crippen molar-refractivity contribution in [2.24, 2.45) is 0 Å². The molecule has 3 amide bonds. The van der Waals surface area contributed by atoms with E-state index in [9.17, 15) is 14.4 Å². The number of ether oxygens (including phenoxy) is 2. The maximum atomic E-state index is 13.5. The second-order valence-corrected chi connectivity index (χ2v) is 12.1. The molecule has 0 aliphatic rings. The second kappa shape index (κ2) is 14.6. The molecule has 228 valence electrons. The van der Waals surface area contributed by atoms with E-state index in [1.807, 2.05) is 43.3 Å². The summed E-state index contributed by atoms with van der Waals surface area (Å²) in [6.07, 6.45) is 1.55. The molecule has 0 fully saturated rings. The Hall–Kier alpha value is -5.13. The quantitative estimate of drug-likeness (QED) is 0.107. The molecule has 0 saturated carbocycles. The topological polar surface area (TPSA) is 119 Å². The lowest BCUT2D eigenvalue weighted by Gasteiger charge is -2.14. The highest BCUT2D eigenvalue weighted by Gasteiger charge is 2.18. The van der Waals surface area contributed by atoms with Crippen molar-refractivity contribution in [1.29, 1.82) is 0 Å². The van der Waals surface area contributed by atoms with E-state index in [4.69, 9.17) is 9.47 Å². The summed E-state index contributed by atoms with van der Waals surface area (Å²) in [7, 11) is 3.06. The number of rotatable bonds is 11. The fourth-order valence-electron chi connectivity index (χ4n) is 4.24. The molecule has 1 aromatic heterocycles. The molecule has 5 rings (SSSR count). The maximum Gasteiger partial charge on any atom is 0.272 e. The van der Waals surface area contributed by atoms with Crippen LogP contribution in [0.5, 0.6) is 11.5 Å². The molecule has 0 aliphatic heterocycles. The van der Waals surface area contributed by atoms with Gasteiger partial charge in [0.25, 0.3) is 11.8 Å². The van der Waals surface area contributed by atoms with Crippen LogP contribution in [-0.2, 0) is 9.59 Å². The number of hydrogen-bond donors (Lipinski definition) is 3. The zero-order chi connectivity index (χ0) is 31.8. The van der Waals surface area contributed by atoms with Crippen molar-refractivity contribution in [3.63, 3.8) is 0 Å². The number of carbonyl (C=O) groups excluding carboxylic acids is 3. The van der Waals surface area contributed by atoms with E-state index in [0.717, 1.165) is 15.1 Å². The first kappa shape index (κ1) is 31.3. The van der Waals surface area contributed by atoms with E-state index in [0.29, 0.717) is 33.4 Å². The lowest BCUT2D eigenvalue weighted by Crippen LogP contribution is -2.30. The Labute approximate surface area is 268 Å². The summed E-state index contributed by atoms with van der Waals surface area (Å²) in [6, 6.07) is 28.6. The Kier molecular flexibility index (Phi) is 10.1. The molecule has 5 aromatic rings. The Balaban J connectivity index is 1.28. The molecular formula is C34H30N4O5S2. The fraction of sp³-hybridized carbons (Fsp3) is 0.118. The zero-order valence-electron chi connectivity index (χ0n) is 24.7. The highest BCUT2D eigenvalue weighted by molar-refractivity contribution is 8.00. The molecule has 0 saturated heterocycles. The molecule has 4 aromatic carbocycles. The molecule has 0 spiro atoms. The van der Waals surface area contributed by atoms with Gasteiger partial charge in [-0.25, -0.2) is 4.98 Å². The van der Waals surface area contributed by atoms with Crippen LogP contribution in [0.25, 0.3) is 16.3 Å². The normalized spacial score (nSPS) is 11.8. The molecule has 3 N–H and O–H groups in total. The first-order valence-electron chi connectivity index (χ1n) is 13.9. The van der Waals surface area contributed by atoms with Crippen LogP contribution < -0.4 is 25.4 Å². The summed E-state index contributed by atoms with van der Waals surface area (Å²) in [5, 5.41) is 8.64. The van der Waals surface area contributed by atoms with E-state index < -0.39 is 11.8 Å². The number of methoxy groups -OCH3 is 2. The second-order valence-electron chi connectivity index (χ2n) is 9.70. The van der Waals surface area contributed by atoms with Crippen LogP contribution in [0, 0.1) is 0 Å². The molecule has 9 nitrogen and oxygen atoms in total. The molecule has 1 unspecified atom stereocenters. The van der Waals surface area contributed by atoms with Crippen molar-refractivity contribution in [2.45, 2.75) is 17.1 Å². The lowest BCUT2D eigenvalue weighted by atomic mass is 10.1. The number of amides is 3. The third kappa shape index (κ3) is 8.08. The third-order valence-electron chi connectivity index (χ3n) is 6.59. The van der Waals surface area contributed by atoms with Crippen molar-refractivity contribution in [2.75, 3.05) is 24.9 Å². The molecular weight excluding hydrogens is 609 g/mol. The van der Waals surface area contributed by atoms with Crippen LogP contribution in [0.1, 0.15) is 22.8 Å². The number of nitrogens with one attached hydrogen (secondary N) is 3. The monoisotopic (exact) mass is 638 g/mol. The van der Waals surface area contributed by atoms with Gasteiger partial charge in [-0.05, 0) is 73.7 Å². The van der Waals surface area contributed by atoms with Crippen LogP contribution in [0.3, 0.4) is 0 Å². The molecule has 11 heteroatoms. The van der Waals surface area contributed by atoms with Crippen LogP contribution >= 0.6 is 23.1 Å². The Morgan fingerprint density at radius 3 is 2.31 bits per heavy atom. The van der Waals surface area contributed by atoms with Crippen molar-refractivity contribution in [3.8, 4) is 11.5 Å². The van der Waals surface area contributed by atoms with Crippen LogP contribution in [-0.4, -0.2) is 42.2 Å². The number of nitrogens with zero attached hydrogens (tertiary/aromatic N) is 1. The van der Waals surface area contributed by atoms with E-state index >= 15 is 0 Å². The number of thiazole rings is 1. The van der Waals surface area contributed by atoms with Crippen molar-refractivity contribution in [3.05, 3.63) is 114 Å². The van der Waals surface area contributed by atoms with Gasteiger partial charge in [0, 0.05) is 27.8 Å². The van der Waals surface area contributed by atoms with Gasteiger partial charge >= 0.3 is 0 Å².